The van der Waals surface area contributed by atoms with Crippen LogP contribution in [0.5, 0.6) is 0 Å². The average molecular weight is 415 g/mol. The molecule has 0 saturated heterocycles. The normalized spacial score (nSPS) is 12.7. The minimum atomic E-state index is 1.37. The number of fused-ring (bicyclic) bond motifs is 10. The fraction of sp³-hybridized carbons (Fsp3) is 0. The van der Waals surface area contributed by atoms with Crippen LogP contribution in [-0.4, -0.2) is 0 Å². The Hall–Kier alpha value is -3.20. The molecule has 0 nitrogen and oxygen atoms in total. The van der Waals surface area contributed by atoms with Crippen molar-refractivity contribution in [2.45, 2.75) is 0 Å². The van der Waals surface area contributed by atoms with Crippen molar-refractivity contribution in [2.24, 2.45) is 0 Å². The van der Waals surface area contributed by atoms with Crippen molar-refractivity contribution in [1.82, 2.24) is 0 Å². The molecular weight excluding hydrogens is 400 g/mol. The first-order valence-electron chi connectivity index (χ1n) is 10.2. The Kier molecular flexibility index (Phi) is 2.75. The summed E-state index contributed by atoms with van der Waals surface area (Å²) in [5.41, 5.74) is 0. The first-order valence-corrected chi connectivity index (χ1v) is 11.8. The minimum absolute atomic E-state index is 1.37. The van der Waals surface area contributed by atoms with Crippen LogP contribution in [0.1, 0.15) is 0 Å². The molecule has 6 aromatic carbocycles. The van der Waals surface area contributed by atoms with Crippen molar-refractivity contribution in [2.75, 3.05) is 0 Å². The number of rotatable bonds is 0. The van der Waals surface area contributed by atoms with Crippen molar-refractivity contribution in [3.63, 3.8) is 0 Å². The maximum absolute atomic E-state index is 2.33. The van der Waals surface area contributed by atoms with Crippen LogP contribution >= 0.6 is 22.7 Å². The van der Waals surface area contributed by atoms with E-state index in [1.807, 2.05) is 22.7 Å². The van der Waals surface area contributed by atoms with Gasteiger partial charge in [0.05, 0.1) is 0 Å². The van der Waals surface area contributed by atoms with Crippen LogP contribution in [0.25, 0.3) is 72.7 Å². The summed E-state index contributed by atoms with van der Waals surface area (Å²) in [7, 11) is 0. The predicted molar refractivity (Wildman–Crippen MR) is 136 cm³/mol. The Bertz CT molecular complexity index is 1810. The molecule has 0 fully saturated rings. The van der Waals surface area contributed by atoms with Gasteiger partial charge in [-0.2, -0.15) is 0 Å². The Morgan fingerprint density at radius 1 is 0.333 bits per heavy atom. The van der Waals surface area contributed by atoms with Crippen molar-refractivity contribution in [3.05, 3.63) is 84.9 Å². The third kappa shape index (κ3) is 1.70. The highest BCUT2D eigenvalue weighted by molar-refractivity contribution is 7.27. The highest BCUT2D eigenvalue weighted by Crippen LogP contribution is 2.51. The summed E-state index contributed by atoms with van der Waals surface area (Å²) >= 11 is 3.87. The zero-order valence-corrected chi connectivity index (χ0v) is 17.5. The van der Waals surface area contributed by atoms with Crippen LogP contribution in [-0.2, 0) is 0 Å². The van der Waals surface area contributed by atoms with Crippen molar-refractivity contribution in [3.8, 4) is 0 Å². The van der Waals surface area contributed by atoms with Gasteiger partial charge in [-0.25, -0.2) is 0 Å². The first-order chi connectivity index (χ1) is 14.9. The van der Waals surface area contributed by atoms with Gasteiger partial charge in [0.15, 0.2) is 0 Å². The zero-order chi connectivity index (χ0) is 19.4. The predicted octanol–water partition coefficient (Wildman–Crippen LogP) is 9.32. The van der Waals surface area contributed by atoms with Gasteiger partial charge in [-0.05, 0) is 28.3 Å². The summed E-state index contributed by atoms with van der Waals surface area (Å²) in [4.78, 5) is 0. The second-order valence-electron chi connectivity index (χ2n) is 8.06. The molecule has 2 heterocycles. The second-order valence-corrected chi connectivity index (χ2v) is 10.2. The molecule has 0 aliphatic rings. The summed E-state index contributed by atoms with van der Waals surface area (Å²) < 4.78 is 5.58. The summed E-state index contributed by atoms with van der Waals surface area (Å²) in [5, 5.41) is 14.0. The molecule has 0 aliphatic carbocycles. The molecule has 30 heavy (non-hydrogen) atoms. The average Bonchev–Trinajstić information content (AvgIpc) is 3.38. The summed E-state index contributed by atoms with van der Waals surface area (Å²) in [6, 6.07) is 31.5. The second kappa shape index (κ2) is 5.28. The number of hydrogen-bond acceptors (Lipinski definition) is 2. The van der Waals surface area contributed by atoms with Gasteiger partial charge in [-0.1, -0.05) is 72.8 Å². The monoisotopic (exact) mass is 414 g/mol. The van der Waals surface area contributed by atoms with Crippen LogP contribution < -0.4 is 0 Å². The first kappa shape index (κ1) is 15.6. The van der Waals surface area contributed by atoms with Crippen LogP contribution in [0.15, 0.2) is 84.9 Å². The SMILES string of the molecule is c1ccc2c(c1)sc1c3cccc4c5sc6ccccc6c5c5cccc(c21)c5c34. The lowest BCUT2D eigenvalue weighted by Crippen LogP contribution is -1.86. The van der Waals surface area contributed by atoms with Crippen molar-refractivity contribution >= 4 is 95.3 Å². The van der Waals surface area contributed by atoms with Crippen molar-refractivity contribution < 1.29 is 0 Å². The summed E-state index contributed by atoms with van der Waals surface area (Å²) in [6.45, 7) is 0. The number of hydrogen-bond donors (Lipinski definition) is 0. The lowest BCUT2D eigenvalue weighted by molar-refractivity contribution is 1.85. The van der Waals surface area contributed by atoms with E-state index < -0.39 is 0 Å². The molecule has 0 spiro atoms. The highest BCUT2D eigenvalue weighted by Gasteiger charge is 2.21. The number of benzene rings is 6. The molecule has 0 bridgehead atoms. The highest BCUT2D eigenvalue weighted by atomic mass is 32.1. The molecule has 2 aromatic heterocycles. The van der Waals surface area contributed by atoms with Gasteiger partial charge in [0.25, 0.3) is 0 Å². The van der Waals surface area contributed by atoms with E-state index in [1.165, 1.54) is 72.7 Å². The molecule has 0 atom stereocenters. The molecule has 0 amide bonds. The molecular formula is C28H14S2. The Morgan fingerprint density at radius 2 is 0.733 bits per heavy atom. The van der Waals surface area contributed by atoms with Crippen LogP contribution in [0.2, 0.25) is 0 Å². The van der Waals surface area contributed by atoms with E-state index in [-0.39, 0.29) is 0 Å². The Labute approximate surface area is 179 Å². The van der Waals surface area contributed by atoms with E-state index in [0.717, 1.165) is 0 Å². The standard InChI is InChI=1S/C28H14S2/c1-3-13-21-15(7-1)25-17-9-5-10-18-23(17)24-19(27(25)29-21)11-6-12-20(24)28-26(18)16-8-2-4-14-22(16)30-28/h1-14H. The maximum atomic E-state index is 2.33. The molecule has 0 radical (unpaired) electrons. The molecule has 8 aromatic rings. The fourth-order valence-electron chi connectivity index (χ4n) is 5.44. The molecule has 2 heteroatoms. The third-order valence-corrected chi connectivity index (χ3v) is 9.01. The zero-order valence-electron chi connectivity index (χ0n) is 15.9. The van der Waals surface area contributed by atoms with E-state index in [2.05, 4.69) is 84.9 Å². The maximum Gasteiger partial charge on any atom is 0.0440 e. The Morgan fingerprint density at radius 3 is 1.27 bits per heavy atom. The van der Waals surface area contributed by atoms with Gasteiger partial charge in [-0.15, -0.1) is 22.7 Å². The van der Waals surface area contributed by atoms with Gasteiger partial charge in [-0.3, -0.25) is 0 Å². The van der Waals surface area contributed by atoms with Gasteiger partial charge in [0.2, 0.25) is 0 Å². The van der Waals surface area contributed by atoms with E-state index in [4.69, 9.17) is 0 Å². The minimum Gasteiger partial charge on any atom is -0.135 e. The van der Waals surface area contributed by atoms with Gasteiger partial charge >= 0.3 is 0 Å². The van der Waals surface area contributed by atoms with Gasteiger partial charge in [0, 0.05) is 56.5 Å². The lowest BCUT2D eigenvalue weighted by atomic mass is 9.89. The third-order valence-electron chi connectivity index (χ3n) is 6.60. The molecule has 0 N–H and O–H groups in total. The Balaban J connectivity index is 1.84. The largest absolute Gasteiger partial charge is 0.135 e. The molecule has 0 unspecified atom stereocenters. The molecule has 0 aliphatic heterocycles. The van der Waals surface area contributed by atoms with Gasteiger partial charge < -0.3 is 0 Å². The fourth-order valence-corrected chi connectivity index (χ4v) is 7.94. The van der Waals surface area contributed by atoms with Crippen molar-refractivity contribution in [1.29, 1.82) is 0 Å². The van der Waals surface area contributed by atoms with E-state index >= 15 is 0 Å². The summed E-state index contributed by atoms with van der Waals surface area (Å²) in [6.07, 6.45) is 0. The summed E-state index contributed by atoms with van der Waals surface area (Å²) in [5.74, 6) is 0. The van der Waals surface area contributed by atoms with Crippen LogP contribution in [0, 0.1) is 0 Å². The topological polar surface area (TPSA) is 0 Å². The lowest BCUT2D eigenvalue weighted by Gasteiger charge is -2.14. The number of thiophene rings is 2. The van der Waals surface area contributed by atoms with Crippen LogP contribution in [0.4, 0.5) is 0 Å². The van der Waals surface area contributed by atoms with E-state index in [0.29, 0.717) is 0 Å². The molecule has 8 rings (SSSR count). The van der Waals surface area contributed by atoms with Gasteiger partial charge in [0.1, 0.15) is 0 Å². The molecule has 0 saturated carbocycles. The van der Waals surface area contributed by atoms with E-state index in [1.54, 1.807) is 0 Å². The van der Waals surface area contributed by atoms with Crippen LogP contribution in [0.3, 0.4) is 0 Å². The molecule has 138 valence electrons. The quantitative estimate of drug-likeness (QED) is 0.217. The van der Waals surface area contributed by atoms with E-state index in [9.17, 15) is 0 Å². The smallest absolute Gasteiger partial charge is 0.0440 e.